The molecule has 0 fully saturated rings. The van der Waals surface area contributed by atoms with Gasteiger partial charge in [-0.3, -0.25) is 19.6 Å². The fourth-order valence-electron chi connectivity index (χ4n) is 2.93. The molecule has 0 spiro atoms. The summed E-state index contributed by atoms with van der Waals surface area (Å²) in [5, 5.41) is 25.0. The van der Waals surface area contributed by atoms with Crippen LogP contribution in [-0.4, -0.2) is 46.7 Å². The molecule has 0 radical (unpaired) electrons. The number of carbonyl (C=O) groups is 3. The Balaban J connectivity index is 3.11. The Morgan fingerprint density at radius 2 is 1.68 bits per heavy atom. The van der Waals surface area contributed by atoms with Crippen LogP contribution in [0.2, 0.25) is 0 Å². The van der Waals surface area contributed by atoms with E-state index >= 15 is 0 Å². The molecule has 1 aromatic rings. The van der Waals surface area contributed by atoms with Crippen molar-refractivity contribution in [2.45, 2.75) is 45.3 Å². The predicted octanol–water partition coefficient (Wildman–Crippen LogP) is 0.983. The predicted molar refractivity (Wildman–Crippen MR) is 112 cm³/mol. The van der Waals surface area contributed by atoms with E-state index in [4.69, 9.17) is 5.21 Å². The van der Waals surface area contributed by atoms with Gasteiger partial charge in [-0.2, -0.15) is 0 Å². The van der Waals surface area contributed by atoms with Crippen LogP contribution in [0, 0.1) is 15.4 Å². The third-order valence-corrected chi connectivity index (χ3v) is 5.27. The second-order valence-corrected chi connectivity index (χ2v) is 8.44. The highest BCUT2D eigenvalue weighted by Gasteiger charge is 2.46. The average Bonchev–Trinajstić information content (AvgIpc) is 2.66. The van der Waals surface area contributed by atoms with Crippen LogP contribution < -0.4 is 16.1 Å². The highest BCUT2D eigenvalue weighted by molar-refractivity contribution is 14.1. The monoisotopic (exact) mass is 505 g/mol. The zero-order valence-electron chi connectivity index (χ0n) is 16.5. The van der Waals surface area contributed by atoms with Crippen molar-refractivity contribution >= 4 is 40.3 Å². The molecular weight excluding hydrogens is 477 g/mol. The van der Waals surface area contributed by atoms with Crippen LogP contribution in [0.4, 0.5) is 0 Å². The zero-order valence-corrected chi connectivity index (χ0v) is 18.6. The fourth-order valence-corrected chi connectivity index (χ4v) is 3.28. The van der Waals surface area contributed by atoms with Crippen LogP contribution in [0.15, 0.2) is 24.3 Å². The third kappa shape index (κ3) is 6.42. The lowest BCUT2D eigenvalue weighted by molar-refractivity contribution is -0.159. The van der Waals surface area contributed by atoms with Crippen molar-refractivity contribution in [2.24, 2.45) is 11.8 Å². The second kappa shape index (κ2) is 10.7. The quantitative estimate of drug-likeness (QED) is 0.194. The molecule has 0 aliphatic rings. The van der Waals surface area contributed by atoms with E-state index in [1.165, 1.54) is 19.5 Å². The van der Waals surface area contributed by atoms with Gasteiger partial charge in [0.2, 0.25) is 11.8 Å². The molecular formula is C19H28IN3O5. The molecule has 3 atom stereocenters. The van der Waals surface area contributed by atoms with Gasteiger partial charge in [-0.05, 0) is 52.6 Å². The Hall–Kier alpha value is -1.72. The maximum atomic E-state index is 12.9. The molecule has 0 aliphatic heterocycles. The Labute approximate surface area is 178 Å². The summed E-state index contributed by atoms with van der Waals surface area (Å²) in [5.41, 5.74) is 0.224. The molecule has 0 heterocycles. The second-order valence-electron chi connectivity index (χ2n) is 7.19. The summed E-state index contributed by atoms with van der Waals surface area (Å²) in [7, 11) is 1.46. The van der Waals surface area contributed by atoms with E-state index in [9.17, 15) is 19.5 Å². The highest BCUT2D eigenvalue weighted by atomic mass is 127. The smallest absolute Gasteiger partial charge is 0.253 e. The van der Waals surface area contributed by atoms with Crippen LogP contribution >= 0.6 is 22.6 Å². The summed E-state index contributed by atoms with van der Waals surface area (Å²) in [6.07, 6.45) is 0.206. The molecule has 3 amide bonds. The van der Waals surface area contributed by atoms with Crippen LogP contribution in [0.1, 0.15) is 32.8 Å². The van der Waals surface area contributed by atoms with Gasteiger partial charge in [-0.1, -0.05) is 32.9 Å². The zero-order chi connectivity index (χ0) is 21.5. The summed E-state index contributed by atoms with van der Waals surface area (Å²) in [6.45, 7) is 4.94. The number of rotatable bonds is 9. The molecule has 9 heteroatoms. The Morgan fingerprint density at radius 1 is 1.11 bits per heavy atom. The van der Waals surface area contributed by atoms with Crippen LogP contribution in [0.25, 0.3) is 0 Å². The first-order chi connectivity index (χ1) is 13.0. The average molecular weight is 505 g/mol. The summed E-state index contributed by atoms with van der Waals surface area (Å²) >= 11 is 2.17. The number of hydrogen-bond donors (Lipinski definition) is 5. The molecule has 5 N–H and O–H groups in total. The first-order valence-electron chi connectivity index (χ1n) is 8.98. The number of hydroxylamine groups is 1. The van der Waals surface area contributed by atoms with Crippen molar-refractivity contribution in [2.75, 3.05) is 7.05 Å². The number of halogens is 1. The van der Waals surface area contributed by atoms with Gasteiger partial charge in [0.05, 0.1) is 5.92 Å². The first kappa shape index (κ1) is 24.3. The molecule has 28 heavy (non-hydrogen) atoms. The Kier molecular flexibility index (Phi) is 9.31. The lowest BCUT2D eigenvalue weighted by atomic mass is 9.80. The van der Waals surface area contributed by atoms with Gasteiger partial charge in [-0.25, -0.2) is 5.48 Å². The van der Waals surface area contributed by atoms with Crippen molar-refractivity contribution in [1.29, 1.82) is 0 Å². The van der Waals surface area contributed by atoms with E-state index in [1.54, 1.807) is 13.8 Å². The topological polar surface area (TPSA) is 128 Å². The summed E-state index contributed by atoms with van der Waals surface area (Å²) in [5.74, 6) is -3.47. The van der Waals surface area contributed by atoms with E-state index in [1.807, 2.05) is 24.3 Å². The highest BCUT2D eigenvalue weighted by Crippen LogP contribution is 2.27. The van der Waals surface area contributed by atoms with Crippen LogP contribution in [-0.2, 0) is 20.8 Å². The van der Waals surface area contributed by atoms with Gasteiger partial charge < -0.3 is 15.7 Å². The molecule has 0 aliphatic carbocycles. The number of hydrogen-bond acceptors (Lipinski definition) is 5. The number of benzene rings is 1. The van der Waals surface area contributed by atoms with E-state index in [2.05, 4.69) is 33.2 Å². The van der Waals surface area contributed by atoms with Gasteiger partial charge in [0, 0.05) is 17.0 Å². The van der Waals surface area contributed by atoms with Gasteiger partial charge in [-0.15, -0.1) is 0 Å². The van der Waals surface area contributed by atoms with Crippen molar-refractivity contribution in [3.63, 3.8) is 0 Å². The van der Waals surface area contributed by atoms with Gasteiger partial charge >= 0.3 is 0 Å². The van der Waals surface area contributed by atoms with Crippen LogP contribution in [0.3, 0.4) is 0 Å². The molecule has 156 valence electrons. The van der Waals surface area contributed by atoms with Gasteiger partial charge in [0.25, 0.3) is 5.91 Å². The van der Waals surface area contributed by atoms with Crippen molar-refractivity contribution < 1.29 is 24.7 Å². The van der Waals surface area contributed by atoms with E-state index < -0.39 is 35.3 Å². The maximum absolute atomic E-state index is 12.9. The number of carbonyl (C=O) groups excluding carboxylic acids is 3. The molecule has 3 unspecified atom stereocenters. The van der Waals surface area contributed by atoms with Crippen molar-refractivity contribution in [3.8, 4) is 0 Å². The Morgan fingerprint density at radius 3 is 2.14 bits per heavy atom. The number of nitrogens with one attached hydrogen (secondary N) is 3. The van der Waals surface area contributed by atoms with Gasteiger partial charge in [0.15, 0.2) is 5.60 Å². The minimum absolute atomic E-state index is 0.0165. The third-order valence-electron chi connectivity index (χ3n) is 4.55. The van der Waals surface area contributed by atoms with Crippen molar-refractivity contribution in [3.05, 3.63) is 33.4 Å². The van der Waals surface area contributed by atoms with E-state index in [0.29, 0.717) is 0 Å². The minimum Gasteiger partial charge on any atom is -0.379 e. The molecule has 0 bridgehead atoms. The van der Waals surface area contributed by atoms with E-state index in [0.717, 1.165) is 9.13 Å². The molecule has 0 saturated heterocycles. The first-order valence-corrected chi connectivity index (χ1v) is 10.1. The Bertz CT molecular complexity index is 695. The van der Waals surface area contributed by atoms with E-state index in [-0.39, 0.29) is 18.8 Å². The SMILES string of the molecule is CNC(=O)C(Cc1ccc(I)cc1)NC(=O)C(O)(CC(C)C)C(C)C(=O)NO. The molecule has 0 aromatic heterocycles. The summed E-state index contributed by atoms with van der Waals surface area (Å²) in [6, 6.07) is 6.56. The molecule has 8 nitrogen and oxygen atoms in total. The number of aliphatic hydroxyl groups is 1. The standard InChI is InChI=1S/C19H28IN3O5/c1-11(2)10-19(27,12(3)16(24)23-28)18(26)22-15(17(25)21-4)9-13-5-7-14(20)8-6-13/h5-8,11-12,15,27-28H,9-10H2,1-4H3,(H,21,25)(H,22,26)(H,23,24). The van der Waals surface area contributed by atoms with Crippen molar-refractivity contribution in [1.82, 2.24) is 16.1 Å². The lowest BCUT2D eigenvalue weighted by Gasteiger charge is -2.34. The largest absolute Gasteiger partial charge is 0.379 e. The van der Waals surface area contributed by atoms with Gasteiger partial charge in [0.1, 0.15) is 6.04 Å². The number of likely N-dealkylation sites (N-methyl/N-ethyl adjacent to an activating group) is 1. The maximum Gasteiger partial charge on any atom is 0.253 e. The summed E-state index contributed by atoms with van der Waals surface area (Å²) < 4.78 is 1.04. The summed E-state index contributed by atoms with van der Waals surface area (Å²) in [4.78, 5) is 37.1. The normalized spacial score (nSPS) is 15.3. The molecule has 1 rings (SSSR count). The fraction of sp³-hybridized carbons (Fsp3) is 0.526. The minimum atomic E-state index is -2.08. The molecule has 1 aromatic carbocycles. The van der Waals surface area contributed by atoms with Crippen LogP contribution in [0.5, 0.6) is 0 Å². The lowest BCUT2D eigenvalue weighted by Crippen LogP contribution is -2.60. The number of amides is 3. The molecule has 0 saturated carbocycles.